The van der Waals surface area contributed by atoms with Gasteiger partial charge in [-0.15, -0.1) is 0 Å². The third kappa shape index (κ3) is 3.32. The zero-order valence-electron chi connectivity index (χ0n) is 11.1. The predicted octanol–water partition coefficient (Wildman–Crippen LogP) is 1.62. The summed E-state index contributed by atoms with van der Waals surface area (Å²) in [4.78, 5) is -0.269. The molecule has 106 valence electrons. The van der Waals surface area contributed by atoms with Crippen LogP contribution in [0.1, 0.15) is 25.3 Å². The summed E-state index contributed by atoms with van der Waals surface area (Å²) in [6, 6.07) is 4.17. The maximum Gasteiger partial charge on any atom is 0.243 e. The Morgan fingerprint density at radius 2 is 2.16 bits per heavy atom. The van der Waals surface area contributed by atoms with Gasteiger partial charge in [0.15, 0.2) is 0 Å². The third-order valence-corrected chi connectivity index (χ3v) is 4.94. The van der Waals surface area contributed by atoms with Crippen LogP contribution in [0, 0.1) is 11.7 Å². The topological polar surface area (TPSA) is 58.2 Å². The average molecular weight is 286 g/mol. The van der Waals surface area contributed by atoms with Gasteiger partial charge in [-0.3, -0.25) is 0 Å². The molecular weight excluding hydrogens is 267 g/mol. The first-order valence-electron chi connectivity index (χ1n) is 6.43. The molecule has 1 aliphatic rings. The molecule has 1 aromatic carbocycles. The maximum atomic E-state index is 13.9. The average Bonchev–Trinajstić information content (AvgIpc) is 3.06. The van der Waals surface area contributed by atoms with Crippen LogP contribution in [0.2, 0.25) is 0 Å². The van der Waals surface area contributed by atoms with E-state index in [2.05, 4.69) is 10.0 Å². The monoisotopic (exact) mass is 286 g/mol. The van der Waals surface area contributed by atoms with E-state index >= 15 is 0 Å². The van der Waals surface area contributed by atoms with Gasteiger partial charge in [0.2, 0.25) is 10.0 Å². The van der Waals surface area contributed by atoms with Crippen molar-refractivity contribution in [2.75, 3.05) is 7.05 Å². The van der Waals surface area contributed by atoms with Gasteiger partial charge in [0, 0.05) is 12.6 Å². The van der Waals surface area contributed by atoms with Gasteiger partial charge in [0.1, 0.15) is 10.7 Å². The minimum Gasteiger partial charge on any atom is -0.316 e. The highest BCUT2D eigenvalue weighted by Gasteiger charge is 2.39. The normalized spacial score (nSPS) is 22.5. The van der Waals surface area contributed by atoms with E-state index in [9.17, 15) is 12.8 Å². The second-order valence-corrected chi connectivity index (χ2v) is 6.61. The van der Waals surface area contributed by atoms with Crippen molar-refractivity contribution in [1.29, 1.82) is 0 Å². The van der Waals surface area contributed by atoms with Gasteiger partial charge in [0.25, 0.3) is 0 Å². The molecule has 1 fully saturated rings. The smallest absolute Gasteiger partial charge is 0.243 e. The van der Waals surface area contributed by atoms with Crippen LogP contribution in [-0.4, -0.2) is 21.5 Å². The molecule has 2 unspecified atom stereocenters. The highest BCUT2D eigenvalue weighted by atomic mass is 32.2. The lowest BCUT2D eigenvalue weighted by molar-refractivity contribution is 0.552. The molecule has 0 amide bonds. The van der Waals surface area contributed by atoms with Crippen molar-refractivity contribution in [2.24, 2.45) is 5.92 Å². The molecular formula is C13H19FN2O2S. The Bertz CT molecular complexity index is 560. The number of rotatable bonds is 6. The van der Waals surface area contributed by atoms with Crippen molar-refractivity contribution in [3.63, 3.8) is 0 Å². The first-order valence-corrected chi connectivity index (χ1v) is 7.91. The molecule has 0 radical (unpaired) electrons. The second kappa shape index (κ2) is 5.56. The van der Waals surface area contributed by atoms with Gasteiger partial charge in [-0.25, -0.2) is 17.5 Å². The van der Waals surface area contributed by atoms with Crippen LogP contribution in [0.15, 0.2) is 23.1 Å². The van der Waals surface area contributed by atoms with Crippen LogP contribution in [0.25, 0.3) is 0 Å². The van der Waals surface area contributed by atoms with E-state index in [0.29, 0.717) is 12.5 Å². The molecule has 19 heavy (non-hydrogen) atoms. The van der Waals surface area contributed by atoms with Crippen LogP contribution in [0.3, 0.4) is 0 Å². The fraction of sp³-hybridized carbons (Fsp3) is 0.538. The summed E-state index contributed by atoms with van der Waals surface area (Å²) in [6.07, 6.45) is 1.78. The molecule has 2 atom stereocenters. The van der Waals surface area contributed by atoms with Crippen LogP contribution in [0.5, 0.6) is 0 Å². The molecule has 6 heteroatoms. The molecule has 1 aromatic rings. The molecule has 4 nitrogen and oxygen atoms in total. The first-order chi connectivity index (χ1) is 8.97. The third-order valence-electron chi connectivity index (χ3n) is 3.42. The Morgan fingerprint density at radius 1 is 1.42 bits per heavy atom. The number of sulfonamides is 1. The van der Waals surface area contributed by atoms with Gasteiger partial charge < -0.3 is 5.32 Å². The molecule has 0 saturated heterocycles. The standard InChI is InChI=1S/C13H19FN2O2S/c1-3-10-7-12(10)16-19(17,18)13-5-4-9(8-15-2)6-11(13)14/h4-6,10,12,15-16H,3,7-8H2,1-2H3. The van der Waals surface area contributed by atoms with Crippen LogP contribution < -0.4 is 10.0 Å². The lowest BCUT2D eigenvalue weighted by Crippen LogP contribution is -2.28. The Morgan fingerprint density at radius 3 is 2.68 bits per heavy atom. The minimum absolute atomic E-state index is 0.0358. The largest absolute Gasteiger partial charge is 0.316 e. The Labute approximate surface area is 113 Å². The zero-order chi connectivity index (χ0) is 14.0. The molecule has 1 saturated carbocycles. The van der Waals surface area contributed by atoms with Gasteiger partial charge >= 0.3 is 0 Å². The fourth-order valence-corrected chi connectivity index (χ4v) is 3.56. The summed E-state index contributed by atoms with van der Waals surface area (Å²) in [5.74, 6) is -0.310. The SMILES string of the molecule is CCC1CC1NS(=O)(=O)c1ccc(CNC)cc1F. The Hall–Kier alpha value is -0.980. The van der Waals surface area contributed by atoms with E-state index in [1.807, 2.05) is 6.92 Å². The van der Waals surface area contributed by atoms with E-state index in [1.54, 1.807) is 13.1 Å². The number of halogens is 1. The molecule has 2 rings (SSSR count). The molecule has 0 spiro atoms. The lowest BCUT2D eigenvalue weighted by atomic mass is 10.2. The van der Waals surface area contributed by atoms with Crippen molar-refractivity contribution < 1.29 is 12.8 Å². The van der Waals surface area contributed by atoms with Gasteiger partial charge in [-0.2, -0.15) is 0 Å². The van der Waals surface area contributed by atoms with Crippen LogP contribution in [0.4, 0.5) is 4.39 Å². The van der Waals surface area contributed by atoms with Crippen molar-refractivity contribution in [2.45, 2.75) is 37.2 Å². The minimum atomic E-state index is -3.75. The van der Waals surface area contributed by atoms with Gasteiger partial charge in [-0.1, -0.05) is 19.4 Å². The van der Waals surface area contributed by atoms with Crippen molar-refractivity contribution in [3.05, 3.63) is 29.6 Å². The summed E-state index contributed by atoms with van der Waals surface area (Å²) in [6.45, 7) is 2.53. The highest BCUT2D eigenvalue weighted by Crippen LogP contribution is 2.34. The number of hydrogen-bond acceptors (Lipinski definition) is 3. The summed E-state index contributed by atoms with van der Waals surface area (Å²) < 4.78 is 40.6. The quantitative estimate of drug-likeness (QED) is 0.835. The van der Waals surface area contributed by atoms with Crippen molar-refractivity contribution >= 4 is 10.0 Å². The zero-order valence-corrected chi connectivity index (χ0v) is 11.9. The molecule has 0 bridgehead atoms. The van der Waals surface area contributed by atoms with Gasteiger partial charge in [0.05, 0.1) is 0 Å². The van der Waals surface area contributed by atoms with E-state index in [4.69, 9.17) is 0 Å². The van der Waals surface area contributed by atoms with Gasteiger partial charge in [-0.05, 0) is 37.1 Å². The summed E-state index contributed by atoms with van der Waals surface area (Å²) in [5.41, 5.74) is 0.719. The van der Waals surface area contributed by atoms with E-state index in [-0.39, 0.29) is 10.9 Å². The molecule has 0 aromatic heterocycles. The van der Waals surface area contributed by atoms with E-state index < -0.39 is 15.8 Å². The van der Waals surface area contributed by atoms with E-state index in [0.717, 1.165) is 18.4 Å². The summed E-state index contributed by atoms with van der Waals surface area (Å²) in [5, 5.41) is 2.89. The summed E-state index contributed by atoms with van der Waals surface area (Å²) >= 11 is 0. The number of hydrogen-bond donors (Lipinski definition) is 2. The van der Waals surface area contributed by atoms with Crippen LogP contribution >= 0.6 is 0 Å². The van der Waals surface area contributed by atoms with E-state index in [1.165, 1.54) is 12.1 Å². The predicted molar refractivity (Wildman–Crippen MR) is 71.7 cm³/mol. The molecule has 0 aliphatic heterocycles. The van der Waals surface area contributed by atoms with Crippen LogP contribution in [-0.2, 0) is 16.6 Å². The maximum absolute atomic E-state index is 13.9. The van der Waals surface area contributed by atoms with Crippen molar-refractivity contribution in [3.8, 4) is 0 Å². The second-order valence-electron chi connectivity index (χ2n) is 4.93. The Kier molecular flexibility index (Phi) is 4.23. The number of nitrogens with one attached hydrogen (secondary N) is 2. The summed E-state index contributed by atoms with van der Waals surface area (Å²) in [7, 11) is -2.00. The lowest BCUT2D eigenvalue weighted by Gasteiger charge is -2.08. The fourth-order valence-electron chi connectivity index (χ4n) is 2.18. The highest BCUT2D eigenvalue weighted by molar-refractivity contribution is 7.89. The molecule has 2 N–H and O–H groups in total. The molecule has 1 aliphatic carbocycles. The van der Waals surface area contributed by atoms with Crippen molar-refractivity contribution in [1.82, 2.24) is 10.0 Å². The first kappa shape index (κ1) is 14.4. The number of benzene rings is 1. The molecule has 0 heterocycles. The Balaban J connectivity index is 2.16.